The summed E-state index contributed by atoms with van der Waals surface area (Å²) in [5, 5.41) is 11.9. The standard InChI is InChI=1S/C19H18BrFN4OS/c1-2-25-17(11-22-18(26)15-5-3-4-6-16(15)21)23-24-19(25)27-12-13-7-9-14(20)10-8-13/h3-10H,2,11-12H2,1H3,(H,22,26). The van der Waals surface area contributed by atoms with Gasteiger partial charge < -0.3 is 9.88 Å². The molecule has 27 heavy (non-hydrogen) atoms. The fourth-order valence-corrected chi connectivity index (χ4v) is 3.74. The summed E-state index contributed by atoms with van der Waals surface area (Å²) in [5.74, 6) is 0.397. The Morgan fingerprint density at radius 3 is 2.63 bits per heavy atom. The van der Waals surface area contributed by atoms with Crippen LogP contribution < -0.4 is 5.32 Å². The molecule has 5 nitrogen and oxygen atoms in total. The van der Waals surface area contributed by atoms with Crippen LogP contribution in [0.25, 0.3) is 0 Å². The van der Waals surface area contributed by atoms with Gasteiger partial charge in [0.05, 0.1) is 12.1 Å². The first-order chi connectivity index (χ1) is 13.1. The molecule has 0 spiro atoms. The van der Waals surface area contributed by atoms with Gasteiger partial charge in [-0.25, -0.2) is 4.39 Å². The van der Waals surface area contributed by atoms with E-state index in [9.17, 15) is 9.18 Å². The summed E-state index contributed by atoms with van der Waals surface area (Å²) in [6.45, 7) is 2.86. The topological polar surface area (TPSA) is 59.8 Å². The van der Waals surface area contributed by atoms with E-state index in [2.05, 4.69) is 43.6 Å². The Balaban J connectivity index is 1.64. The maximum absolute atomic E-state index is 13.7. The van der Waals surface area contributed by atoms with Crippen LogP contribution in [0.1, 0.15) is 28.7 Å². The van der Waals surface area contributed by atoms with Crippen molar-refractivity contribution in [3.63, 3.8) is 0 Å². The zero-order chi connectivity index (χ0) is 19.2. The molecule has 1 aromatic heterocycles. The molecule has 0 aliphatic heterocycles. The molecule has 0 unspecified atom stereocenters. The Morgan fingerprint density at radius 2 is 1.93 bits per heavy atom. The molecule has 0 saturated carbocycles. The molecule has 0 radical (unpaired) electrons. The lowest BCUT2D eigenvalue weighted by molar-refractivity contribution is 0.0945. The van der Waals surface area contributed by atoms with Gasteiger partial charge in [-0.1, -0.05) is 52.0 Å². The highest BCUT2D eigenvalue weighted by Crippen LogP contribution is 2.23. The minimum absolute atomic E-state index is 0.0184. The molecule has 0 atom stereocenters. The minimum atomic E-state index is -0.544. The summed E-state index contributed by atoms with van der Waals surface area (Å²) < 4.78 is 16.7. The quantitative estimate of drug-likeness (QED) is 0.543. The van der Waals surface area contributed by atoms with Crippen molar-refractivity contribution >= 4 is 33.6 Å². The minimum Gasteiger partial charge on any atom is -0.345 e. The maximum Gasteiger partial charge on any atom is 0.254 e. The molecule has 3 aromatic rings. The molecule has 0 aliphatic carbocycles. The summed E-state index contributed by atoms with van der Waals surface area (Å²) in [5.41, 5.74) is 1.20. The Morgan fingerprint density at radius 1 is 1.19 bits per heavy atom. The van der Waals surface area contributed by atoms with Gasteiger partial charge in [0, 0.05) is 16.8 Å². The Labute approximate surface area is 169 Å². The van der Waals surface area contributed by atoms with Crippen molar-refractivity contribution < 1.29 is 9.18 Å². The molecular formula is C19H18BrFN4OS. The largest absolute Gasteiger partial charge is 0.345 e. The number of nitrogens with zero attached hydrogens (tertiary/aromatic N) is 3. The van der Waals surface area contributed by atoms with Crippen LogP contribution in [0.2, 0.25) is 0 Å². The highest BCUT2D eigenvalue weighted by atomic mass is 79.9. The molecule has 3 rings (SSSR count). The van der Waals surface area contributed by atoms with E-state index in [-0.39, 0.29) is 12.1 Å². The highest BCUT2D eigenvalue weighted by Gasteiger charge is 2.15. The second-order valence-corrected chi connectivity index (χ2v) is 7.58. The molecule has 0 fully saturated rings. The van der Waals surface area contributed by atoms with Gasteiger partial charge in [0.25, 0.3) is 5.91 Å². The van der Waals surface area contributed by atoms with E-state index in [0.717, 1.165) is 15.4 Å². The SMILES string of the molecule is CCn1c(CNC(=O)c2ccccc2F)nnc1SCc1ccc(Br)cc1. The van der Waals surface area contributed by atoms with Gasteiger partial charge in [0.15, 0.2) is 11.0 Å². The Kier molecular flexibility index (Phi) is 6.63. The third-order valence-corrected chi connectivity index (χ3v) is 5.48. The third kappa shape index (κ3) is 4.95. The number of aromatic nitrogens is 3. The molecule has 1 N–H and O–H groups in total. The highest BCUT2D eigenvalue weighted by molar-refractivity contribution is 9.10. The molecule has 140 valence electrons. The number of halogens is 2. The lowest BCUT2D eigenvalue weighted by atomic mass is 10.2. The van der Waals surface area contributed by atoms with Crippen LogP contribution in [0.5, 0.6) is 0 Å². The first-order valence-electron chi connectivity index (χ1n) is 8.40. The summed E-state index contributed by atoms with van der Waals surface area (Å²) >= 11 is 5.01. The van der Waals surface area contributed by atoms with Crippen molar-refractivity contribution in [3.05, 3.63) is 75.8 Å². The van der Waals surface area contributed by atoms with Crippen LogP contribution in [-0.2, 0) is 18.8 Å². The second kappa shape index (κ2) is 9.14. The van der Waals surface area contributed by atoms with Crippen molar-refractivity contribution in [2.24, 2.45) is 0 Å². The van der Waals surface area contributed by atoms with Crippen LogP contribution in [0.4, 0.5) is 4.39 Å². The van der Waals surface area contributed by atoms with Crippen molar-refractivity contribution in [1.82, 2.24) is 20.1 Å². The average molecular weight is 449 g/mol. The molecule has 1 amide bonds. The van der Waals surface area contributed by atoms with Crippen LogP contribution in [0.3, 0.4) is 0 Å². The van der Waals surface area contributed by atoms with Crippen LogP contribution >= 0.6 is 27.7 Å². The predicted molar refractivity (Wildman–Crippen MR) is 107 cm³/mol. The smallest absolute Gasteiger partial charge is 0.254 e. The Hall–Kier alpha value is -2.19. The van der Waals surface area contributed by atoms with Crippen LogP contribution in [0.15, 0.2) is 58.2 Å². The average Bonchev–Trinajstić information content (AvgIpc) is 3.08. The summed E-state index contributed by atoms with van der Waals surface area (Å²) in [7, 11) is 0. The van der Waals surface area contributed by atoms with Crippen LogP contribution in [-0.4, -0.2) is 20.7 Å². The van der Waals surface area contributed by atoms with E-state index in [1.807, 2.05) is 23.6 Å². The predicted octanol–water partition coefficient (Wildman–Crippen LogP) is 4.42. The van der Waals surface area contributed by atoms with Crippen molar-refractivity contribution in [1.29, 1.82) is 0 Å². The zero-order valence-corrected chi connectivity index (χ0v) is 17.1. The van der Waals surface area contributed by atoms with Gasteiger partial charge in [-0.2, -0.15) is 0 Å². The second-order valence-electron chi connectivity index (χ2n) is 5.72. The first kappa shape index (κ1) is 19.6. The zero-order valence-electron chi connectivity index (χ0n) is 14.7. The number of benzene rings is 2. The summed E-state index contributed by atoms with van der Waals surface area (Å²) in [4.78, 5) is 12.2. The molecule has 0 aliphatic rings. The molecule has 0 saturated heterocycles. The summed E-state index contributed by atoms with van der Waals surface area (Å²) in [6, 6.07) is 14.0. The fourth-order valence-electron chi connectivity index (χ4n) is 2.50. The van der Waals surface area contributed by atoms with Gasteiger partial charge in [-0.05, 0) is 36.8 Å². The normalized spacial score (nSPS) is 10.8. The van der Waals surface area contributed by atoms with Gasteiger partial charge in [-0.3, -0.25) is 4.79 Å². The fraction of sp³-hybridized carbons (Fsp3) is 0.211. The van der Waals surface area contributed by atoms with E-state index in [0.29, 0.717) is 12.4 Å². The number of nitrogens with one attached hydrogen (secondary N) is 1. The molecule has 2 aromatic carbocycles. The number of thioether (sulfide) groups is 1. The van der Waals surface area contributed by atoms with Crippen molar-refractivity contribution in [3.8, 4) is 0 Å². The molecule has 8 heteroatoms. The first-order valence-corrected chi connectivity index (χ1v) is 10.2. The molecule has 1 heterocycles. The van der Waals surface area contributed by atoms with Gasteiger partial charge in [-0.15, -0.1) is 10.2 Å². The number of hydrogen-bond acceptors (Lipinski definition) is 4. The van der Waals surface area contributed by atoms with E-state index < -0.39 is 11.7 Å². The lowest BCUT2D eigenvalue weighted by Gasteiger charge is -2.09. The van der Waals surface area contributed by atoms with Crippen molar-refractivity contribution in [2.75, 3.05) is 0 Å². The number of carbonyl (C=O) groups excluding carboxylic acids is 1. The maximum atomic E-state index is 13.7. The number of carbonyl (C=O) groups is 1. The summed E-state index contributed by atoms with van der Waals surface area (Å²) in [6.07, 6.45) is 0. The van der Waals surface area contributed by atoms with Crippen molar-refractivity contribution in [2.45, 2.75) is 30.9 Å². The van der Waals surface area contributed by atoms with Gasteiger partial charge in [0.2, 0.25) is 0 Å². The van der Waals surface area contributed by atoms with Gasteiger partial charge >= 0.3 is 0 Å². The molecular weight excluding hydrogens is 431 g/mol. The number of rotatable bonds is 7. The monoisotopic (exact) mass is 448 g/mol. The van der Waals surface area contributed by atoms with E-state index in [4.69, 9.17) is 0 Å². The number of amides is 1. The van der Waals surface area contributed by atoms with Crippen LogP contribution in [0, 0.1) is 5.82 Å². The van der Waals surface area contributed by atoms with E-state index in [1.165, 1.54) is 17.7 Å². The number of hydrogen-bond donors (Lipinski definition) is 1. The lowest BCUT2D eigenvalue weighted by Crippen LogP contribution is -2.25. The van der Waals surface area contributed by atoms with Gasteiger partial charge in [0.1, 0.15) is 5.82 Å². The molecule has 0 bridgehead atoms. The van der Waals surface area contributed by atoms with E-state index in [1.54, 1.807) is 23.9 Å². The van der Waals surface area contributed by atoms with E-state index >= 15 is 0 Å². The third-order valence-electron chi connectivity index (χ3n) is 3.92. The Bertz CT molecular complexity index is 930.